The Morgan fingerprint density at radius 1 is 0.565 bits per heavy atom. The number of rotatable bonds is 6. The lowest BCUT2D eigenvalue weighted by molar-refractivity contribution is 0.207. The van der Waals surface area contributed by atoms with Gasteiger partial charge in [0.25, 0.3) is 0 Å². The second kappa shape index (κ2) is 9.90. The summed E-state index contributed by atoms with van der Waals surface area (Å²) in [5, 5.41) is 0. The Kier molecular flexibility index (Phi) is 7.56. The fraction of sp³-hybridized carbons (Fsp3) is 0.913. The Hall–Kier alpha value is -0.260. The van der Waals surface area contributed by atoms with E-state index in [9.17, 15) is 0 Å². The maximum atomic E-state index is 2.56. The molecular formula is C23H40. The summed E-state index contributed by atoms with van der Waals surface area (Å²) in [5.74, 6) is 4.17. The molecule has 0 aromatic rings. The highest BCUT2D eigenvalue weighted by Crippen LogP contribution is 2.38. The Balaban J connectivity index is 1.26. The quantitative estimate of drug-likeness (QED) is 0.441. The van der Waals surface area contributed by atoms with Gasteiger partial charge < -0.3 is 0 Å². The third-order valence-corrected chi connectivity index (χ3v) is 7.16. The zero-order valence-electron chi connectivity index (χ0n) is 15.5. The molecule has 0 spiro atoms. The average molecular weight is 317 g/mol. The predicted octanol–water partition coefficient (Wildman–Crippen LogP) is 7.68. The van der Waals surface area contributed by atoms with Crippen LogP contribution in [0.15, 0.2) is 12.2 Å². The van der Waals surface area contributed by atoms with Crippen molar-refractivity contribution in [2.45, 2.75) is 109 Å². The van der Waals surface area contributed by atoms with Crippen LogP contribution in [0.25, 0.3) is 0 Å². The Morgan fingerprint density at radius 2 is 1.13 bits per heavy atom. The van der Waals surface area contributed by atoms with E-state index < -0.39 is 0 Å². The average Bonchev–Trinajstić information content (AvgIpc) is 2.62. The van der Waals surface area contributed by atoms with E-state index in [2.05, 4.69) is 12.2 Å². The van der Waals surface area contributed by atoms with Gasteiger partial charge in [-0.3, -0.25) is 0 Å². The van der Waals surface area contributed by atoms with Crippen LogP contribution in [0, 0.1) is 23.7 Å². The number of hydrogen-bond donors (Lipinski definition) is 0. The topological polar surface area (TPSA) is 0 Å². The zero-order chi connectivity index (χ0) is 15.7. The van der Waals surface area contributed by atoms with E-state index in [1.807, 2.05) is 0 Å². The van der Waals surface area contributed by atoms with E-state index >= 15 is 0 Å². The molecule has 0 aromatic carbocycles. The van der Waals surface area contributed by atoms with Crippen LogP contribution in [-0.2, 0) is 0 Å². The fourth-order valence-electron chi connectivity index (χ4n) is 5.60. The minimum atomic E-state index is 0.926. The van der Waals surface area contributed by atoms with Crippen molar-refractivity contribution in [3.63, 3.8) is 0 Å². The van der Waals surface area contributed by atoms with Crippen molar-refractivity contribution in [2.24, 2.45) is 23.7 Å². The van der Waals surface area contributed by atoms with Crippen LogP contribution in [-0.4, -0.2) is 0 Å². The highest BCUT2D eigenvalue weighted by atomic mass is 14.3. The minimum absolute atomic E-state index is 0.926. The van der Waals surface area contributed by atoms with E-state index in [4.69, 9.17) is 0 Å². The van der Waals surface area contributed by atoms with Gasteiger partial charge in [-0.2, -0.15) is 0 Å². The molecule has 0 bridgehead atoms. The summed E-state index contributed by atoms with van der Waals surface area (Å²) in [6.07, 6.45) is 30.7. The largest absolute Gasteiger partial charge is 0.0882 e. The van der Waals surface area contributed by atoms with Crippen molar-refractivity contribution in [3.05, 3.63) is 12.2 Å². The van der Waals surface area contributed by atoms with Gasteiger partial charge >= 0.3 is 0 Å². The third kappa shape index (κ3) is 6.28. The summed E-state index contributed by atoms with van der Waals surface area (Å²) in [6, 6.07) is 0. The molecule has 132 valence electrons. The summed E-state index contributed by atoms with van der Waals surface area (Å²) in [7, 11) is 0. The summed E-state index contributed by atoms with van der Waals surface area (Å²) in [4.78, 5) is 0. The Morgan fingerprint density at radius 3 is 1.83 bits per heavy atom. The fourth-order valence-corrected chi connectivity index (χ4v) is 5.60. The molecule has 0 aromatic heterocycles. The van der Waals surface area contributed by atoms with Crippen LogP contribution in [0.3, 0.4) is 0 Å². The first kappa shape index (κ1) is 17.6. The van der Waals surface area contributed by atoms with E-state index in [0.717, 1.165) is 23.7 Å². The van der Waals surface area contributed by atoms with Gasteiger partial charge in [-0.05, 0) is 55.8 Å². The summed E-state index contributed by atoms with van der Waals surface area (Å²) < 4.78 is 0. The smallest absolute Gasteiger partial charge is 0.0234 e. The molecule has 3 saturated carbocycles. The van der Waals surface area contributed by atoms with Crippen molar-refractivity contribution < 1.29 is 0 Å². The Bertz CT molecular complexity index is 322. The first-order valence-electron chi connectivity index (χ1n) is 11.1. The molecule has 3 fully saturated rings. The second-order valence-electron chi connectivity index (χ2n) is 9.03. The van der Waals surface area contributed by atoms with Crippen molar-refractivity contribution >= 4 is 0 Å². The first-order valence-corrected chi connectivity index (χ1v) is 11.1. The SMILES string of the molecule is C(=C\C1CCCCC1)/CCC1CCC(CC2CCCCC2)CC1. The van der Waals surface area contributed by atoms with Crippen molar-refractivity contribution in [1.29, 1.82) is 0 Å². The normalized spacial score (nSPS) is 31.7. The first-order chi connectivity index (χ1) is 11.4. The van der Waals surface area contributed by atoms with Gasteiger partial charge in [0, 0.05) is 0 Å². The van der Waals surface area contributed by atoms with Gasteiger partial charge in [-0.25, -0.2) is 0 Å². The van der Waals surface area contributed by atoms with Crippen molar-refractivity contribution in [1.82, 2.24) is 0 Å². The molecule has 3 aliphatic carbocycles. The molecule has 0 nitrogen and oxygen atoms in total. The maximum Gasteiger partial charge on any atom is -0.0234 e. The molecule has 0 heterocycles. The predicted molar refractivity (Wildman–Crippen MR) is 102 cm³/mol. The molecule has 0 atom stereocenters. The van der Waals surface area contributed by atoms with Gasteiger partial charge in [0.1, 0.15) is 0 Å². The molecule has 23 heavy (non-hydrogen) atoms. The zero-order valence-corrected chi connectivity index (χ0v) is 15.5. The van der Waals surface area contributed by atoms with Crippen LogP contribution < -0.4 is 0 Å². The van der Waals surface area contributed by atoms with Gasteiger partial charge in [-0.1, -0.05) is 89.2 Å². The van der Waals surface area contributed by atoms with Gasteiger partial charge in [0.15, 0.2) is 0 Å². The van der Waals surface area contributed by atoms with E-state index in [-0.39, 0.29) is 0 Å². The highest BCUT2D eigenvalue weighted by Gasteiger charge is 2.24. The van der Waals surface area contributed by atoms with Crippen LogP contribution >= 0.6 is 0 Å². The number of hydrogen-bond acceptors (Lipinski definition) is 0. The summed E-state index contributed by atoms with van der Waals surface area (Å²) in [5.41, 5.74) is 0. The lowest BCUT2D eigenvalue weighted by atomic mass is 9.74. The third-order valence-electron chi connectivity index (χ3n) is 7.16. The van der Waals surface area contributed by atoms with E-state index in [1.165, 1.54) is 77.0 Å². The van der Waals surface area contributed by atoms with Crippen LogP contribution in [0.1, 0.15) is 109 Å². The van der Waals surface area contributed by atoms with Gasteiger partial charge in [-0.15, -0.1) is 0 Å². The summed E-state index contributed by atoms with van der Waals surface area (Å²) in [6.45, 7) is 0. The van der Waals surface area contributed by atoms with Crippen LogP contribution in [0.2, 0.25) is 0 Å². The lowest BCUT2D eigenvalue weighted by Gasteiger charge is -2.32. The van der Waals surface area contributed by atoms with E-state index in [0.29, 0.717) is 0 Å². The molecular weight excluding hydrogens is 276 g/mol. The van der Waals surface area contributed by atoms with Crippen molar-refractivity contribution in [3.8, 4) is 0 Å². The molecule has 0 heteroatoms. The Labute approximate surface area is 145 Å². The van der Waals surface area contributed by atoms with Crippen LogP contribution in [0.5, 0.6) is 0 Å². The molecule has 0 N–H and O–H groups in total. The van der Waals surface area contributed by atoms with Gasteiger partial charge in [0.2, 0.25) is 0 Å². The van der Waals surface area contributed by atoms with Crippen LogP contribution in [0.4, 0.5) is 0 Å². The summed E-state index contributed by atoms with van der Waals surface area (Å²) >= 11 is 0. The lowest BCUT2D eigenvalue weighted by Crippen LogP contribution is -2.18. The molecule has 0 aliphatic heterocycles. The molecule has 3 aliphatic rings. The molecule has 0 amide bonds. The molecule has 0 saturated heterocycles. The molecule has 0 radical (unpaired) electrons. The maximum absolute atomic E-state index is 2.56. The minimum Gasteiger partial charge on any atom is -0.0882 e. The number of allylic oxidation sites excluding steroid dienone is 2. The molecule has 3 rings (SSSR count). The molecule has 0 unspecified atom stereocenters. The second-order valence-corrected chi connectivity index (χ2v) is 9.03. The highest BCUT2D eigenvalue weighted by molar-refractivity contribution is 4.90. The van der Waals surface area contributed by atoms with Crippen molar-refractivity contribution in [2.75, 3.05) is 0 Å². The van der Waals surface area contributed by atoms with E-state index in [1.54, 1.807) is 32.1 Å². The monoisotopic (exact) mass is 316 g/mol. The van der Waals surface area contributed by atoms with Gasteiger partial charge in [0.05, 0.1) is 0 Å². The standard InChI is InChI=1S/C23H40/c1-3-9-20(10-4-1)11-7-8-12-21-15-17-23(18-16-21)19-22-13-5-2-6-14-22/h7,11,20-23H,1-6,8-10,12-19H2/b11-7+.